The Labute approximate surface area is 174 Å². The Kier molecular flexibility index (Phi) is 6.35. The van der Waals surface area contributed by atoms with Crippen LogP contribution in [0.4, 0.5) is 0 Å². The second kappa shape index (κ2) is 8.95. The summed E-state index contributed by atoms with van der Waals surface area (Å²) in [5, 5.41) is 3.35. The summed E-state index contributed by atoms with van der Waals surface area (Å²) in [6.07, 6.45) is 0. The number of hydrogen-bond donors (Lipinski definition) is 1. The van der Waals surface area contributed by atoms with E-state index < -0.39 is 17.6 Å². The van der Waals surface area contributed by atoms with E-state index in [4.69, 9.17) is 9.15 Å². The van der Waals surface area contributed by atoms with E-state index in [0.717, 1.165) is 16.5 Å². The first-order chi connectivity index (χ1) is 14.3. The van der Waals surface area contributed by atoms with Crippen molar-refractivity contribution in [3.63, 3.8) is 0 Å². The molecular weight excluding hydrogens is 382 g/mol. The van der Waals surface area contributed by atoms with E-state index in [1.165, 1.54) is 6.07 Å². The number of hydrogen-bond acceptors (Lipinski definition) is 5. The van der Waals surface area contributed by atoms with Gasteiger partial charge < -0.3 is 14.5 Å². The number of carbonyl (C=O) groups excluding carboxylic acids is 2. The van der Waals surface area contributed by atoms with E-state index >= 15 is 0 Å². The highest BCUT2D eigenvalue weighted by Crippen LogP contribution is 2.27. The number of carbonyl (C=O) groups is 2. The van der Waals surface area contributed by atoms with Gasteiger partial charge in [0, 0.05) is 22.6 Å². The molecule has 0 bridgehead atoms. The fourth-order valence-corrected chi connectivity index (χ4v) is 3.34. The van der Waals surface area contributed by atoms with Crippen LogP contribution < -0.4 is 10.9 Å². The van der Waals surface area contributed by atoms with Crippen LogP contribution in [-0.4, -0.2) is 17.9 Å². The zero-order chi connectivity index (χ0) is 21.8. The molecule has 0 unspecified atom stereocenters. The molecule has 0 fully saturated rings. The Morgan fingerprint density at radius 1 is 1.07 bits per heavy atom. The molecule has 1 aromatic heterocycles. The van der Waals surface area contributed by atoms with Gasteiger partial charge in [0.2, 0.25) is 0 Å². The lowest BCUT2D eigenvalue weighted by Crippen LogP contribution is -2.39. The predicted octanol–water partition coefficient (Wildman–Crippen LogP) is 4.09. The Morgan fingerprint density at radius 3 is 2.43 bits per heavy atom. The smallest absolute Gasteiger partial charge is 0.336 e. The van der Waals surface area contributed by atoms with Crippen molar-refractivity contribution in [3.8, 4) is 0 Å². The molecule has 0 saturated carbocycles. The van der Waals surface area contributed by atoms with Crippen molar-refractivity contribution in [1.29, 1.82) is 0 Å². The summed E-state index contributed by atoms with van der Waals surface area (Å²) in [7, 11) is 0. The molecule has 1 heterocycles. The molecule has 30 heavy (non-hydrogen) atoms. The van der Waals surface area contributed by atoms with Gasteiger partial charge >= 0.3 is 11.6 Å². The average molecular weight is 407 g/mol. The summed E-state index contributed by atoms with van der Waals surface area (Å²) in [5.74, 6) is -0.648. The molecule has 3 aromatic rings. The first-order valence-corrected chi connectivity index (χ1v) is 9.86. The van der Waals surface area contributed by atoms with Crippen LogP contribution in [0.5, 0.6) is 0 Å². The molecule has 6 heteroatoms. The predicted molar refractivity (Wildman–Crippen MR) is 114 cm³/mol. The van der Waals surface area contributed by atoms with Crippen molar-refractivity contribution < 1.29 is 18.7 Å². The average Bonchev–Trinajstić information content (AvgIpc) is 2.71. The van der Waals surface area contributed by atoms with Crippen molar-refractivity contribution in [3.05, 3.63) is 81.2 Å². The van der Waals surface area contributed by atoms with Crippen LogP contribution in [0.25, 0.3) is 11.0 Å². The number of fused-ring (bicyclic) bond motifs is 1. The molecule has 2 aromatic carbocycles. The summed E-state index contributed by atoms with van der Waals surface area (Å²) in [6, 6.07) is 12.9. The quantitative estimate of drug-likeness (QED) is 0.491. The molecule has 0 radical (unpaired) electrons. The zero-order valence-corrected chi connectivity index (χ0v) is 17.5. The van der Waals surface area contributed by atoms with Gasteiger partial charge in [0.15, 0.2) is 0 Å². The van der Waals surface area contributed by atoms with Crippen molar-refractivity contribution in [2.24, 2.45) is 0 Å². The van der Waals surface area contributed by atoms with Crippen molar-refractivity contribution in [1.82, 2.24) is 5.32 Å². The van der Waals surface area contributed by atoms with E-state index in [1.54, 1.807) is 37.3 Å². The maximum Gasteiger partial charge on any atom is 0.336 e. The first-order valence-electron chi connectivity index (χ1n) is 9.86. The van der Waals surface area contributed by atoms with Gasteiger partial charge in [0.05, 0.1) is 0 Å². The highest BCUT2D eigenvalue weighted by Gasteiger charge is 2.19. The van der Waals surface area contributed by atoms with Crippen LogP contribution in [0.3, 0.4) is 0 Å². The normalized spacial score (nSPS) is 12.0. The van der Waals surface area contributed by atoms with Gasteiger partial charge in [-0.15, -0.1) is 0 Å². The van der Waals surface area contributed by atoms with Crippen LogP contribution in [0, 0.1) is 6.92 Å². The summed E-state index contributed by atoms with van der Waals surface area (Å²) in [6.45, 7) is 7.61. The van der Waals surface area contributed by atoms with Crippen LogP contribution in [0.1, 0.15) is 53.7 Å². The van der Waals surface area contributed by atoms with Gasteiger partial charge in [-0.1, -0.05) is 32.0 Å². The molecule has 3 rings (SSSR count). The monoisotopic (exact) mass is 407 g/mol. The number of amides is 1. The van der Waals surface area contributed by atoms with E-state index in [2.05, 4.69) is 19.2 Å². The van der Waals surface area contributed by atoms with Gasteiger partial charge in [-0.3, -0.25) is 4.79 Å². The number of nitrogens with one attached hydrogen (secondary N) is 1. The summed E-state index contributed by atoms with van der Waals surface area (Å²) in [5.41, 5.74) is 3.15. The van der Waals surface area contributed by atoms with Gasteiger partial charge in [0.1, 0.15) is 18.2 Å². The maximum absolute atomic E-state index is 12.4. The van der Waals surface area contributed by atoms with Gasteiger partial charge in [-0.05, 0) is 55.2 Å². The summed E-state index contributed by atoms with van der Waals surface area (Å²) >= 11 is 0. The fourth-order valence-electron chi connectivity index (χ4n) is 3.34. The summed E-state index contributed by atoms with van der Waals surface area (Å²) in [4.78, 5) is 36.6. The third-order valence-electron chi connectivity index (χ3n) is 4.95. The largest absolute Gasteiger partial charge is 0.459 e. The zero-order valence-electron chi connectivity index (χ0n) is 17.5. The third kappa shape index (κ3) is 4.76. The second-order valence-electron chi connectivity index (χ2n) is 7.62. The molecule has 156 valence electrons. The Hall–Kier alpha value is -3.41. The first kappa shape index (κ1) is 21.3. The molecule has 1 amide bonds. The fraction of sp³-hybridized carbons (Fsp3) is 0.292. The Bertz CT molecular complexity index is 1130. The van der Waals surface area contributed by atoms with E-state index in [9.17, 15) is 14.4 Å². The van der Waals surface area contributed by atoms with Crippen LogP contribution in [0.2, 0.25) is 0 Å². The minimum absolute atomic E-state index is 0.0902. The molecule has 0 aliphatic rings. The maximum atomic E-state index is 12.4. The number of esters is 1. The standard InChI is InChI=1S/C24H25NO5/c1-14(2)19-12-20-18(11-22(26)30-21(20)10-15(19)3)13-29-24(28)16(4)25-23(27)17-8-6-5-7-9-17/h5-12,14,16H,13H2,1-4H3,(H,25,27)/t16-/m1/s1. The molecule has 0 aliphatic carbocycles. The summed E-state index contributed by atoms with van der Waals surface area (Å²) < 4.78 is 10.7. The van der Waals surface area contributed by atoms with Gasteiger partial charge in [-0.25, -0.2) is 9.59 Å². The number of aryl methyl sites for hydroxylation is 1. The lowest BCUT2D eigenvalue weighted by atomic mass is 9.95. The molecule has 6 nitrogen and oxygen atoms in total. The van der Waals surface area contributed by atoms with Crippen molar-refractivity contribution in [2.45, 2.75) is 46.3 Å². The minimum Gasteiger partial charge on any atom is -0.459 e. The highest BCUT2D eigenvalue weighted by atomic mass is 16.5. The Balaban J connectivity index is 1.76. The lowest BCUT2D eigenvalue weighted by Gasteiger charge is -2.15. The van der Waals surface area contributed by atoms with Crippen LogP contribution in [0.15, 0.2) is 57.7 Å². The molecule has 1 N–H and O–H groups in total. The van der Waals surface area contributed by atoms with Crippen molar-refractivity contribution in [2.75, 3.05) is 0 Å². The molecule has 0 spiro atoms. The van der Waals surface area contributed by atoms with Gasteiger partial charge in [0.25, 0.3) is 5.91 Å². The van der Waals surface area contributed by atoms with Crippen molar-refractivity contribution >= 4 is 22.8 Å². The molecule has 0 saturated heterocycles. The van der Waals surface area contributed by atoms with Crippen LogP contribution >= 0.6 is 0 Å². The number of rotatable bonds is 6. The molecular formula is C24H25NO5. The second-order valence-corrected chi connectivity index (χ2v) is 7.62. The molecule has 1 atom stereocenters. The number of ether oxygens (including phenoxy) is 1. The van der Waals surface area contributed by atoms with E-state index in [-0.39, 0.29) is 12.5 Å². The van der Waals surface area contributed by atoms with E-state index in [0.29, 0.717) is 22.6 Å². The molecule has 0 aliphatic heterocycles. The van der Waals surface area contributed by atoms with E-state index in [1.807, 2.05) is 19.1 Å². The van der Waals surface area contributed by atoms with Gasteiger partial charge in [-0.2, -0.15) is 0 Å². The SMILES string of the molecule is Cc1cc2oc(=O)cc(COC(=O)[C@@H](C)NC(=O)c3ccccc3)c2cc1C(C)C. The van der Waals surface area contributed by atoms with Crippen LogP contribution in [-0.2, 0) is 16.1 Å². The Morgan fingerprint density at radius 2 is 1.77 bits per heavy atom. The number of benzene rings is 2. The minimum atomic E-state index is -0.836. The lowest BCUT2D eigenvalue weighted by molar-refractivity contribution is -0.146. The highest BCUT2D eigenvalue weighted by molar-refractivity contribution is 5.96. The topological polar surface area (TPSA) is 85.6 Å². The third-order valence-corrected chi connectivity index (χ3v) is 4.95.